The molecule has 2 aromatic heterocycles. The third-order valence-electron chi connectivity index (χ3n) is 2.40. The molecule has 0 aliphatic heterocycles. The van der Waals surface area contributed by atoms with E-state index in [0.29, 0.717) is 17.6 Å². The van der Waals surface area contributed by atoms with Crippen molar-refractivity contribution in [1.29, 1.82) is 0 Å². The first kappa shape index (κ1) is 10.4. The van der Waals surface area contributed by atoms with E-state index in [4.69, 9.17) is 5.11 Å². The summed E-state index contributed by atoms with van der Waals surface area (Å²) in [5.74, 6) is -0.624. The van der Waals surface area contributed by atoms with E-state index in [9.17, 15) is 9.59 Å². The number of carboxylic acid groups (broad SMARTS) is 1. The van der Waals surface area contributed by atoms with Gasteiger partial charge in [0.25, 0.3) is 0 Å². The summed E-state index contributed by atoms with van der Waals surface area (Å²) in [7, 11) is 0. The Bertz CT molecular complexity index is 572. The Labute approximate surface area is 91.3 Å². The summed E-state index contributed by atoms with van der Waals surface area (Å²) in [5.41, 5.74) is 1.36. The largest absolute Gasteiger partial charge is 0.476 e. The Morgan fingerprint density at radius 1 is 1.56 bits per heavy atom. The number of aromatic nitrogens is 2. The first-order chi connectivity index (χ1) is 7.65. The molecule has 0 radical (unpaired) electrons. The number of carbonyl (C=O) groups is 2. The molecule has 0 spiro atoms. The molecule has 2 aromatic rings. The zero-order chi connectivity index (χ0) is 11.7. The van der Waals surface area contributed by atoms with Crippen molar-refractivity contribution >= 4 is 17.8 Å². The van der Waals surface area contributed by atoms with Crippen LogP contribution in [0.15, 0.2) is 18.2 Å². The zero-order valence-electron chi connectivity index (χ0n) is 8.67. The van der Waals surface area contributed by atoms with Crippen LogP contribution in [0.5, 0.6) is 0 Å². The number of rotatable bonds is 3. The number of aromatic carboxylic acids is 1. The lowest BCUT2D eigenvalue weighted by Crippen LogP contribution is -1.98. The smallest absolute Gasteiger partial charge is 0.356 e. The van der Waals surface area contributed by atoms with Crippen LogP contribution in [0, 0.1) is 6.92 Å². The van der Waals surface area contributed by atoms with Gasteiger partial charge in [-0.25, -0.2) is 9.78 Å². The number of imidazole rings is 1. The third-order valence-corrected chi connectivity index (χ3v) is 2.40. The lowest BCUT2D eigenvalue weighted by atomic mass is 10.3. The number of nitrogens with zero attached hydrogens (tertiary/aromatic N) is 2. The second kappa shape index (κ2) is 3.77. The maximum atomic E-state index is 11.0. The Kier molecular flexibility index (Phi) is 2.44. The van der Waals surface area contributed by atoms with E-state index < -0.39 is 5.97 Å². The van der Waals surface area contributed by atoms with Gasteiger partial charge in [-0.1, -0.05) is 6.07 Å². The van der Waals surface area contributed by atoms with E-state index in [-0.39, 0.29) is 12.1 Å². The van der Waals surface area contributed by atoms with E-state index in [0.717, 1.165) is 5.69 Å². The summed E-state index contributed by atoms with van der Waals surface area (Å²) in [5, 5.41) is 8.99. The minimum atomic E-state index is -1.08. The number of aryl methyl sites for hydroxylation is 1. The van der Waals surface area contributed by atoms with Crippen LogP contribution in [0.1, 0.15) is 22.0 Å². The molecule has 0 saturated carbocycles. The van der Waals surface area contributed by atoms with E-state index in [1.54, 1.807) is 16.5 Å². The predicted molar refractivity (Wildman–Crippen MR) is 56.7 cm³/mol. The minimum absolute atomic E-state index is 0.0134. The van der Waals surface area contributed by atoms with E-state index in [2.05, 4.69) is 4.98 Å². The Balaban J connectivity index is 2.81. The maximum absolute atomic E-state index is 11.0. The first-order valence-corrected chi connectivity index (χ1v) is 4.79. The fourth-order valence-electron chi connectivity index (χ4n) is 1.75. The van der Waals surface area contributed by atoms with Crippen LogP contribution in [-0.2, 0) is 11.2 Å². The number of hydrogen-bond acceptors (Lipinski definition) is 3. The van der Waals surface area contributed by atoms with Crippen LogP contribution >= 0.6 is 0 Å². The van der Waals surface area contributed by atoms with Crippen LogP contribution in [0.4, 0.5) is 0 Å². The highest BCUT2D eigenvalue weighted by Crippen LogP contribution is 2.15. The van der Waals surface area contributed by atoms with Crippen LogP contribution < -0.4 is 0 Å². The monoisotopic (exact) mass is 218 g/mol. The summed E-state index contributed by atoms with van der Waals surface area (Å²) in [6, 6.07) is 5.29. The quantitative estimate of drug-likeness (QED) is 0.782. The molecule has 5 nitrogen and oxygen atoms in total. The maximum Gasteiger partial charge on any atom is 0.356 e. The molecule has 0 aromatic carbocycles. The van der Waals surface area contributed by atoms with Crippen molar-refractivity contribution in [3.63, 3.8) is 0 Å². The first-order valence-electron chi connectivity index (χ1n) is 4.79. The third kappa shape index (κ3) is 1.46. The van der Waals surface area contributed by atoms with Gasteiger partial charge in [-0.05, 0) is 19.1 Å². The molecule has 1 N–H and O–H groups in total. The molecule has 16 heavy (non-hydrogen) atoms. The second-order valence-electron chi connectivity index (χ2n) is 3.44. The molecule has 82 valence electrons. The van der Waals surface area contributed by atoms with Gasteiger partial charge in [-0.3, -0.25) is 4.40 Å². The van der Waals surface area contributed by atoms with Gasteiger partial charge >= 0.3 is 5.97 Å². The number of fused-ring (bicyclic) bond motifs is 1. The van der Waals surface area contributed by atoms with Gasteiger partial charge in [0.1, 0.15) is 12.1 Å². The molecule has 2 heterocycles. The van der Waals surface area contributed by atoms with Crippen LogP contribution in [0.2, 0.25) is 0 Å². The number of carboxylic acids is 1. The Morgan fingerprint density at radius 3 is 2.94 bits per heavy atom. The van der Waals surface area contributed by atoms with Crippen molar-refractivity contribution in [2.24, 2.45) is 0 Å². The highest BCUT2D eigenvalue weighted by molar-refractivity contribution is 5.93. The number of pyridine rings is 1. The molecule has 5 heteroatoms. The second-order valence-corrected chi connectivity index (χ2v) is 3.44. The van der Waals surface area contributed by atoms with Crippen molar-refractivity contribution in [3.8, 4) is 0 Å². The summed E-state index contributed by atoms with van der Waals surface area (Å²) in [6.07, 6.45) is 0.826. The molecular weight excluding hydrogens is 208 g/mol. The van der Waals surface area contributed by atoms with Crippen molar-refractivity contribution in [2.45, 2.75) is 13.3 Å². The molecule has 0 bridgehead atoms. The lowest BCUT2D eigenvalue weighted by Gasteiger charge is -2.01. The SMILES string of the molecule is Cc1cccc2c(C(=O)O)nc(CC=O)n12. The molecule has 0 atom stereocenters. The zero-order valence-corrected chi connectivity index (χ0v) is 8.67. The fourth-order valence-corrected chi connectivity index (χ4v) is 1.75. The molecular formula is C11H10N2O3. The molecule has 2 rings (SSSR count). The fraction of sp³-hybridized carbons (Fsp3) is 0.182. The predicted octanol–water partition coefficient (Wildman–Crippen LogP) is 1.08. The van der Waals surface area contributed by atoms with Gasteiger partial charge in [-0.15, -0.1) is 0 Å². The van der Waals surface area contributed by atoms with Crippen LogP contribution in [0.25, 0.3) is 5.52 Å². The van der Waals surface area contributed by atoms with E-state index in [1.165, 1.54) is 0 Å². The average molecular weight is 218 g/mol. The van der Waals surface area contributed by atoms with Gasteiger partial charge in [0.2, 0.25) is 0 Å². The highest BCUT2D eigenvalue weighted by atomic mass is 16.4. The molecule has 0 aliphatic rings. The van der Waals surface area contributed by atoms with Crippen molar-refractivity contribution < 1.29 is 14.7 Å². The van der Waals surface area contributed by atoms with Crippen molar-refractivity contribution in [2.75, 3.05) is 0 Å². The number of hydrogen-bond donors (Lipinski definition) is 1. The van der Waals surface area contributed by atoms with Gasteiger partial charge in [0.05, 0.1) is 11.9 Å². The average Bonchev–Trinajstić information content (AvgIpc) is 2.59. The Hall–Kier alpha value is -2.17. The Morgan fingerprint density at radius 2 is 2.31 bits per heavy atom. The van der Waals surface area contributed by atoms with Gasteiger partial charge in [-0.2, -0.15) is 0 Å². The van der Waals surface area contributed by atoms with Gasteiger partial charge in [0, 0.05) is 5.69 Å². The summed E-state index contributed by atoms with van der Waals surface area (Å²) >= 11 is 0. The molecule has 0 saturated heterocycles. The number of aldehydes is 1. The summed E-state index contributed by atoms with van der Waals surface area (Å²) in [4.78, 5) is 25.5. The molecule has 0 unspecified atom stereocenters. The molecule has 0 aliphatic carbocycles. The van der Waals surface area contributed by atoms with Crippen LogP contribution in [0.3, 0.4) is 0 Å². The minimum Gasteiger partial charge on any atom is -0.476 e. The van der Waals surface area contributed by atoms with E-state index in [1.807, 2.05) is 13.0 Å². The van der Waals surface area contributed by atoms with Crippen molar-refractivity contribution in [1.82, 2.24) is 9.38 Å². The van der Waals surface area contributed by atoms with Gasteiger partial charge < -0.3 is 9.90 Å². The highest BCUT2D eigenvalue weighted by Gasteiger charge is 2.16. The van der Waals surface area contributed by atoms with E-state index >= 15 is 0 Å². The lowest BCUT2D eigenvalue weighted by molar-refractivity contribution is -0.107. The normalized spacial score (nSPS) is 10.6. The number of carbonyl (C=O) groups excluding carboxylic acids is 1. The summed E-state index contributed by atoms with van der Waals surface area (Å²) < 4.78 is 1.69. The standard InChI is InChI=1S/C11H10N2O3/c1-7-3-2-4-8-10(11(15)16)12-9(5-6-14)13(7)8/h2-4,6H,5H2,1H3,(H,15,16). The van der Waals surface area contributed by atoms with Crippen LogP contribution in [-0.4, -0.2) is 26.7 Å². The van der Waals surface area contributed by atoms with Gasteiger partial charge in [0.15, 0.2) is 5.69 Å². The topological polar surface area (TPSA) is 71.7 Å². The summed E-state index contributed by atoms with van der Waals surface area (Å²) in [6.45, 7) is 1.84. The molecule has 0 amide bonds. The van der Waals surface area contributed by atoms with Crippen molar-refractivity contribution in [3.05, 3.63) is 35.4 Å². The molecule has 0 fully saturated rings.